The van der Waals surface area contributed by atoms with Crippen molar-refractivity contribution in [1.29, 1.82) is 5.26 Å². The third-order valence-electron chi connectivity index (χ3n) is 2.83. The van der Waals surface area contributed by atoms with E-state index >= 15 is 0 Å². The maximum Gasteiger partial charge on any atom is 0.152 e. The normalized spacial score (nSPS) is 37.6. The summed E-state index contributed by atoms with van der Waals surface area (Å²) in [5.41, 5.74) is -0.674. The van der Waals surface area contributed by atoms with Gasteiger partial charge in [-0.1, -0.05) is 13.8 Å². The second-order valence-electron chi connectivity index (χ2n) is 4.43. The Morgan fingerprint density at radius 3 is 2.38 bits per heavy atom. The van der Waals surface area contributed by atoms with Crippen molar-refractivity contribution < 1.29 is 8.42 Å². The monoisotopic (exact) mass is 201 g/mol. The molecule has 0 radical (unpaired) electrons. The van der Waals surface area contributed by atoms with Gasteiger partial charge >= 0.3 is 0 Å². The Morgan fingerprint density at radius 1 is 1.54 bits per heavy atom. The summed E-state index contributed by atoms with van der Waals surface area (Å²) < 4.78 is 22.7. The summed E-state index contributed by atoms with van der Waals surface area (Å²) in [6.45, 7) is 5.70. The second-order valence-corrected chi connectivity index (χ2v) is 6.54. The van der Waals surface area contributed by atoms with Gasteiger partial charge in [-0.2, -0.15) is 5.26 Å². The molecule has 1 heterocycles. The van der Waals surface area contributed by atoms with Crippen LogP contribution in [0.3, 0.4) is 0 Å². The number of hydrogen-bond donors (Lipinski definition) is 0. The second kappa shape index (κ2) is 2.98. The first-order valence-corrected chi connectivity index (χ1v) is 6.24. The molecule has 1 fully saturated rings. The highest BCUT2D eigenvalue weighted by atomic mass is 32.2. The number of rotatable bonds is 1. The quantitative estimate of drug-likeness (QED) is 0.641. The fourth-order valence-electron chi connectivity index (χ4n) is 2.12. The molecule has 0 aromatic heterocycles. The SMILES string of the molecule is CC(C)C1CS(=O)(=O)CC1(C)C#N. The van der Waals surface area contributed by atoms with E-state index in [0.717, 1.165) is 0 Å². The van der Waals surface area contributed by atoms with Gasteiger partial charge in [0, 0.05) is 0 Å². The van der Waals surface area contributed by atoms with Gasteiger partial charge in [0.15, 0.2) is 9.84 Å². The fourth-order valence-corrected chi connectivity index (χ4v) is 4.73. The van der Waals surface area contributed by atoms with Crippen molar-refractivity contribution in [3.63, 3.8) is 0 Å². The molecule has 13 heavy (non-hydrogen) atoms. The van der Waals surface area contributed by atoms with E-state index in [1.807, 2.05) is 13.8 Å². The Hall–Kier alpha value is -0.560. The summed E-state index contributed by atoms with van der Waals surface area (Å²) in [6, 6.07) is 2.15. The highest BCUT2D eigenvalue weighted by molar-refractivity contribution is 7.91. The first-order valence-electron chi connectivity index (χ1n) is 4.42. The van der Waals surface area contributed by atoms with Crippen molar-refractivity contribution in [3.05, 3.63) is 0 Å². The molecule has 0 N–H and O–H groups in total. The van der Waals surface area contributed by atoms with Crippen molar-refractivity contribution in [2.24, 2.45) is 17.3 Å². The van der Waals surface area contributed by atoms with Gasteiger partial charge in [0.1, 0.15) is 0 Å². The number of sulfone groups is 1. The van der Waals surface area contributed by atoms with Crippen LogP contribution < -0.4 is 0 Å². The lowest BCUT2D eigenvalue weighted by Gasteiger charge is -2.25. The highest BCUT2D eigenvalue weighted by Crippen LogP contribution is 2.40. The third-order valence-corrected chi connectivity index (χ3v) is 4.74. The van der Waals surface area contributed by atoms with Gasteiger partial charge in [0.25, 0.3) is 0 Å². The molecule has 1 rings (SSSR count). The molecule has 3 nitrogen and oxygen atoms in total. The summed E-state index contributed by atoms with van der Waals surface area (Å²) in [5, 5.41) is 8.96. The average Bonchev–Trinajstić information content (AvgIpc) is 2.22. The first-order chi connectivity index (χ1) is 5.81. The number of nitriles is 1. The van der Waals surface area contributed by atoms with E-state index < -0.39 is 15.3 Å². The third kappa shape index (κ3) is 1.86. The van der Waals surface area contributed by atoms with Gasteiger partial charge < -0.3 is 0 Å². The van der Waals surface area contributed by atoms with Crippen LogP contribution in [0.15, 0.2) is 0 Å². The molecule has 74 valence electrons. The summed E-state index contributed by atoms with van der Waals surface area (Å²) in [7, 11) is -2.98. The van der Waals surface area contributed by atoms with Crippen molar-refractivity contribution in [2.45, 2.75) is 20.8 Å². The smallest absolute Gasteiger partial charge is 0.152 e. The van der Waals surface area contributed by atoms with Crippen LogP contribution in [0.25, 0.3) is 0 Å². The molecule has 1 aliphatic heterocycles. The molecule has 0 bridgehead atoms. The fraction of sp³-hybridized carbons (Fsp3) is 0.889. The minimum atomic E-state index is -2.98. The molecule has 0 amide bonds. The Kier molecular flexibility index (Phi) is 2.42. The van der Waals surface area contributed by atoms with E-state index in [0.29, 0.717) is 0 Å². The van der Waals surface area contributed by atoms with Gasteiger partial charge in [0.2, 0.25) is 0 Å². The number of hydrogen-bond acceptors (Lipinski definition) is 3. The topological polar surface area (TPSA) is 57.9 Å². The predicted octanol–water partition coefficient (Wildman–Crippen LogP) is 1.22. The van der Waals surface area contributed by atoms with Crippen molar-refractivity contribution in [3.8, 4) is 6.07 Å². The summed E-state index contributed by atoms with van der Waals surface area (Å²) in [4.78, 5) is 0. The van der Waals surface area contributed by atoms with Gasteiger partial charge in [0.05, 0.1) is 23.0 Å². The van der Waals surface area contributed by atoms with Crippen LogP contribution in [0.4, 0.5) is 0 Å². The lowest BCUT2D eigenvalue weighted by Crippen LogP contribution is -2.27. The van der Waals surface area contributed by atoms with Gasteiger partial charge in [-0.3, -0.25) is 0 Å². The molecule has 4 heteroatoms. The molecule has 2 atom stereocenters. The Labute approximate surface area is 79.7 Å². The van der Waals surface area contributed by atoms with Crippen molar-refractivity contribution in [2.75, 3.05) is 11.5 Å². The zero-order chi connectivity index (χ0) is 10.3. The van der Waals surface area contributed by atoms with Gasteiger partial charge in [-0.05, 0) is 18.8 Å². The van der Waals surface area contributed by atoms with Crippen LogP contribution in [0.5, 0.6) is 0 Å². The summed E-state index contributed by atoms with van der Waals surface area (Å²) in [5.74, 6) is 0.443. The van der Waals surface area contributed by atoms with E-state index in [1.165, 1.54) is 0 Å². The highest BCUT2D eigenvalue weighted by Gasteiger charge is 2.48. The lowest BCUT2D eigenvalue weighted by molar-refractivity contribution is 0.268. The standard InChI is InChI=1S/C9H15NO2S/c1-7(2)8-4-13(11,12)6-9(8,3)5-10/h7-8H,4,6H2,1-3H3. The summed E-state index contributed by atoms with van der Waals surface area (Å²) in [6.07, 6.45) is 0. The molecule has 1 saturated heterocycles. The zero-order valence-corrected chi connectivity index (χ0v) is 9.06. The van der Waals surface area contributed by atoms with E-state index in [9.17, 15) is 8.42 Å². The molecular formula is C9H15NO2S. The van der Waals surface area contributed by atoms with Crippen LogP contribution >= 0.6 is 0 Å². The molecule has 0 aromatic carbocycles. The maximum atomic E-state index is 11.4. The molecule has 0 aliphatic carbocycles. The van der Waals surface area contributed by atoms with Gasteiger partial charge in [-0.25, -0.2) is 8.42 Å². The van der Waals surface area contributed by atoms with Crippen LogP contribution in [0.2, 0.25) is 0 Å². The predicted molar refractivity (Wildman–Crippen MR) is 50.7 cm³/mol. The van der Waals surface area contributed by atoms with E-state index in [-0.39, 0.29) is 23.3 Å². The Bertz CT molecular complexity index is 339. The molecule has 2 unspecified atom stereocenters. The zero-order valence-electron chi connectivity index (χ0n) is 8.24. The van der Waals surface area contributed by atoms with E-state index in [2.05, 4.69) is 6.07 Å². The number of nitrogens with zero attached hydrogens (tertiary/aromatic N) is 1. The molecule has 1 aliphatic rings. The van der Waals surface area contributed by atoms with Crippen molar-refractivity contribution in [1.82, 2.24) is 0 Å². The summed E-state index contributed by atoms with van der Waals surface area (Å²) >= 11 is 0. The Morgan fingerprint density at radius 2 is 2.08 bits per heavy atom. The minimum Gasteiger partial charge on any atom is -0.229 e. The molecule has 0 aromatic rings. The molecule has 0 spiro atoms. The minimum absolute atomic E-state index is 0.0116. The van der Waals surface area contributed by atoms with E-state index in [4.69, 9.17) is 5.26 Å². The molecule has 0 saturated carbocycles. The van der Waals surface area contributed by atoms with Crippen LogP contribution in [-0.2, 0) is 9.84 Å². The van der Waals surface area contributed by atoms with Crippen molar-refractivity contribution >= 4 is 9.84 Å². The lowest BCUT2D eigenvalue weighted by atomic mass is 9.75. The average molecular weight is 201 g/mol. The van der Waals surface area contributed by atoms with E-state index in [1.54, 1.807) is 6.92 Å². The van der Waals surface area contributed by atoms with Gasteiger partial charge in [-0.15, -0.1) is 0 Å². The van der Waals surface area contributed by atoms with Crippen LogP contribution in [-0.4, -0.2) is 19.9 Å². The Balaban J connectivity index is 3.06. The maximum absolute atomic E-state index is 11.4. The molecular weight excluding hydrogens is 186 g/mol. The first kappa shape index (κ1) is 10.5. The van der Waals surface area contributed by atoms with Crippen LogP contribution in [0.1, 0.15) is 20.8 Å². The van der Waals surface area contributed by atoms with Crippen LogP contribution in [0, 0.1) is 28.6 Å². The largest absolute Gasteiger partial charge is 0.229 e.